The van der Waals surface area contributed by atoms with E-state index in [0.29, 0.717) is 0 Å². The summed E-state index contributed by atoms with van der Waals surface area (Å²) in [6.07, 6.45) is 1.83. The molecule has 3 aromatic rings. The summed E-state index contributed by atoms with van der Waals surface area (Å²) in [4.78, 5) is 10.2. The number of benzene rings is 3. The quantitative estimate of drug-likeness (QED) is 0.407. The highest BCUT2D eigenvalue weighted by Gasteiger charge is 1.96. The van der Waals surface area contributed by atoms with Gasteiger partial charge in [-0.25, -0.2) is 0 Å². The van der Waals surface area contributed by atoms with E-state index >= 15 is 0 Å². The predicted molar refractivity (Wildman–Crippen MR) is 123 cm³/mol. The van der Waals surface area contributed by atoms with Crippen molar-refractivity contribution in [2.75, 3.05) is 13.1 Å². The largest absolute Gasteiger partial charge is 0.481 e. The Kier molecular flexibility index (Phi) is 11.6. The van der Waals surface area contributed by atoms with Gasteiger partial charge in [-0.2, -0.15) is 0 Å². The lowest BCUT2D eigenvalue weighted by molar-refractivity contribution is -0.137. The second-order valence-electron chi connectivity index (χ2n) is 7.06. The first-order valence-corrected chi connectivity index (χ1v) is 10.5. The van der Waals surface area contributed by atoms with Crippen molar-refractivity contribution in [1.82, 2.24) is 10.6 Å². The van der Waals surface area contributed by atoms with Crippen LogP contribution < -0.4 is 10.6 Å². The van der Waals surface area contributed by atoms with Gasteiger partial charge in [0.25, 0.3) is 0 Å². The lowest BCUT2D eigenvalue weighted by Crippen LogP contribution is -2.26. The molecule has 0 aliphatic carbocycles. The molecule has 158 valence electrons. The van der Waals surface area contributed by atoms with Crippen LogP contribution in [-0.2, 0) is 24.3 Å². The minimum atomic E-state index is -0.717. The lowest BCUT2D eigenvalue weighted by Gasteiger charge is -2.06. The molecule has 3 aromatic carbocycles. The molecule has 0 spiro atoms. The maximum atomic E-state index is 10.2. The molecule has 0 atom stereocenters. The van der Waals surface area contributed by atoms with Gasteiger partial charge in [-0.1, -0.05) is 91.0 Å². The summed E-state index contributed by atoms with van der Waals surface area (Å²) in [5.74, 6) is -0.717. The maximum Gasteiger partial charge on any atom is 0.303 e. The fourth-order valence-corrected chi connectivity index (χ4v) is 2.92. The third-order valence-corrected chi connectivity index (χ3v) is 4.52. The number of hydrogen-bond donors (Lipinski definition) is 3. The number of rotatable bonds is 11. The Hall–Kier alpha value is -2.95. The number of nitrogens with one attached hydrogen (secondary N) is 2. The SMILES string of the molecule is O=C(O)CCCc1ccccc1.c1ccc(CNCCNCc2ccccc2)cc1. The first kappa shape index (κ1) is 23.3. The summed E-state index contributed by atoms with van der Waals surface area (Å²) >= 11 is 0. The predicted octanol–water partition coefficient (Wildman–Crippen LogP) is 4.66. The van der Waals surface area contributed by atoms with Crippen molar-refractivity contribution in [1.29, 1.82) is 0 Å². The first-order chi connectivity index (χ1) is 14.7. The Morgan fingerprint density at radius 3 is 1.43 bits per heavy atom. The monoisotopic (exact) mass is 404 g/mol. The van der Waals surface area contributed by atoms with Gasteiger partial charge in [0, 0.05) is 32.6 Å². The molecule has 0 bridgehead atoms. The zero-order chi connectivity index (χ0) is 21.3. The summed E-state index contributed by atoms with van der Waals surface area (Å²) in [5.41, 5.74) is 3.87. The molecule has 0 saturated heterocycles. The summed E-state index contributed by atoms with van der Waals surface area (Å²) < 4.78 is 0. The highest BCUT2D eigenvalue weighted by atomic mass is 16.4. The minimum absolute atomic E-state index is 0.259. The number of carboxylic acids is 1. The van der Waals surface area contributed by atoms with Gasteiger partial charge in [0.05, 0.1) is 0 Å². The Morgan fingerprint density at radius 1 is 0.633 bits per heavy atom. The zero-order valence-corrected chi connectivity index (χ0v) is 17.5. The normalized spacial score (nSPS) is 10.1. The molecule has 0 aliphatic heterocycles. The van der Waals surface area contributed by atoms with Gasteiger partial charge < -0.3 is 15.7 Å². The average molecular weight is 405 g/mol. The van der Waals surface area contributed by atoms with Crippen LogP contribution in [-0.4, -0.2) is 24.2 Å². The molecule has 3 rings (SSSR count). The lowest BCUT2D eigenvalue weighted by atomic mass is 10.1. The van der Waals surface area contributed by atoms with Crippen LogP contribution in [0.25, 0.3) is 0 Å². The van der Waals surface area contributed by atoms with Gasteiger partial charge in [-0.3, -0.25) is 4.79 Å². The Bertz CT molecular complexity index is 765. The number of carboxylic acid groups (broad SMARTS) is 1. The smallest absolute Gasteiger partial charge is 0.303 e. The van der Waals surface area contributed by atoms with Crippen LogP contribution in [0.5, 0.6) is 0 Å². The van der Waals surface area contributed by atoms with Gasteiger partial charge >= 0.3 is 5.97 Å². The molecule has 0 aliphatic rings. The van der Waals surface area contributed by atoms with E-state index in [0.717, 1.165) is 39.0 Å². The molecule has 0 radical (unpaired) electrons. The van der Waals surface area contributed by atoms with E-state index in [-0.39, 0.29) is 6.42 Å². The summed E-state index contributed by atoms with van der Waals surface area (Å²) in [6.45, 7) is 3.85. The van der Waals surface area contributed by atoms with Crippen LogP contribution in [0.2, 0.25) is 0 Å². The molecule has 0 unspecified atom stereocenters. The fraction of sp³-hybridized carbons (Fsp3) is 0.269. The average Bonchev–Trinajstić information content (AvgIpc) is 2.78. The number of hydrogen-bond acceptors (Lipinski definition) is 3. The van der Waals surface area contributed by atoms with Gasteiger partial charge in [-0.15, -0.1) is 0 Å². The van der Waals surface area contributed by atoms with E-state index < -0.39 is 5.97 Å². The Morgan fingerprint density at radius 2 is 1.03 bits per heavy atom. The summed E-state index contributed by atoms with van der Waals surface area (Å²) in [6, 6.07) is 30.9. The third kappa shape index (κ3) is 11.1. The summed E-state index contributed by atoms with van der Waals surface area (Å²) in [7, 11) is 0. The highest BCUT2D eigenvalue weighted by Crippen LogP contribution is 2.04. The molecule has 3 N–H and O–H groups in total. The van der Waals surface area contributed by atoms with Crippen LogP contribution in [0.1, 0.15) is 29.5 Å². The van der Waals surface area contributed by atoms with Crippen molar-refractivity contribution in [3.8, 4) is 0 Å². The number of aliphatic carboxylic acids is 1. The molecule has 0 saturated carbocycles. The second kappa shape index (κ2) is 15.0. The fourth-order valence-electron chi connectivity index (χ4n) is 2.92. The van der Waals surface area contributed by atoms with Crippen molar-refractivity contribution in [3.63, 3.8) is 0 Å². The highest BCUT2D eigenvalue weighted by molar-refractivity contribution is 5.66. The molecule has 4 nitrogen and oxygen atoms in total. The summed E-state index contributed by atoms with van der Waals surface area (Å²) in [5, 5.41) is 15.2. The van der Waals surface area contributed by atoms with Crippen molar-refractivity contribution in [2.24, 2.45) is 0 Å². The van der Waals surface area contributed by atoms with Crippen molar-refractivity contribution in [3.05, 3.63) is 108 Å². The Labute approximate surface area is 180 Å². The molecular formula is C26H32N2O2. The van der Waals surface area contributed by atoms with Gasteiger partial charge in [-0.05, 0) is 29.5 Å². The molecule has 0 amide bonds. The molecule has 4 heteroatoms. The van der Waals surface area contributed by atoms with Crippen molar-refractivity contribution >= 4 is 5.97 Å². The van der Waals surface area contributed by atoms with E-state index in [1.165, 1.54) is 16.7 Å². The van der Waals surface area contributed by atoms with E-state index in [2.05, 4.69) is 59.2 Å². The topological polar surface area (TPSA) is 61.4 Å². The molecule has 30 heavy (non-hydrogen) atoms. The number of aryl methyl sites for hydroxylation is 1. The zero-order valence-electron chi connectivity index (χ0n) is 17.5. The second-order valence-corrected chi connectivity index (χ2v) is 7.06. The first-order valence-electron chi connectivity index (χ1n) is 10.5. The van der Waals surface area contributed by atoms with Crippen LogP contribution in [0.3, 0.4) is 0 Å². The van der Waals surface area contributed by atoms with E-state index in [1.54, 1.807) is 0 Å². The van der Waals surface area contributed by atoms with E-state index in [4.69, 9.17) is 5.11 Å². The molecule has 0 fully saturated rings. The molecule has 0 heterocycles. The van der Waals surface area contributed by atoms with Crippen LogP contribution in [0.4, 0.5) is 0 Å². The third-order valence-electron chi connectivity index (χ3n) is 4.52. The van der Waals surface area contributed by atoms with Gasteiger partial charge in [0.2, 0.25) is 0 Å². The van der Waals surface area contributed by atoms with E-state index in [1.807, 2.05) is 42.5 Å². The van der Waals surface area contributed by atoms with E-state index in [9.17, 15) is 4.79 Å². The van der Waals surface area contributed by atoms with Gasteiger partial charge in [0.1, 0.15) is 0 Å². The maximum absolute atomic E-state index is 10.2. The minimum Gasteiger partial charge on any atom is -0.481 e. The van der Waals surface area contributed by atoms with Crippen LogP contribution >= 0.6 is 0 Å². The van der Waals surface area contributed by atoms with Crippen molar-refractivity contribution in [2.45, 2.75) is 32.4 Å². The molecule has 0 aromatic heterocycles. The van der Waals surface area contributed by atoms with Crippen LogP contribution in [0.15, 0.2) is 91.0 Å². The standard InChI is InChI=1S/C16H20N2.C10H12O2/c1-3-7-15(8-4-1)13-17-11-12-18-14-16-9-5-2-6-10-16;11-10(12)8-4-7-9-5-2-1-3-6-9/h1-10,17-18H,11-14H2;1-3,5-6H,4,7-8H2,(H,11,12). The molecular weight excluding hydrogens is 372 g/mol. The Balaban J connectivity index is 0.000000232. The van der Waals surface area contributed by atoms with Gasteiger partial charge in [0.15, 0.2) is 0 Å². The van der Waals surface area contributed by atoms with Crippen molar-refractivity contribution < 1.29 is 9.90 Å². The van der Waals surface area contributed by atoms with Crippen LogP contribution in [0, 0.1) is 0 Å². The number of carbonyl (C=O) groups is 1.